The Bertz CT molecular complexity index is 522. The summed E-state index contributed by atoms with van der Waals surface area (Å²) in [6.45, 7) is 2.16. The number of aromatic carboxylic acids is 1. The van der Waals surface area contributed by atoms with Crippen LogP contribution in [0.3, 0.4) is 0 Å². The average Bonchev–Trinajstić information content (AvgIpc) is 2.45. The number of carbonyl (C=O) groups excluding carboxylic acids is 1. The molecule has 0 atom stereocenters. The van der Waals surface area contributed by atoms with Crippen molar-refractivity contribution in [2.24, 2.45) is 0 Å². The van der Waals surface area contributed by atoms with E-state index in [4.69, 9.17) is 5.11 Å². The molecule has 3 N–H and O–H groups in total. The summed E-state index contributed by atoms with van der Waals surface area (Å²) < 4.78 is 0. The summed E-state index contributed by atoms with van der Waals surface area (Å²) in [6.07, 6.45) is 7.82. The Morgan fingerprint density at radius 2 is 1.41 bits per heavy atom. The molecule has 0 spiro atoms. The lowest BCUT2D eigenvalue weighted by atomic mass is 10.00. The van der Waals surface area contributed by atoms with Crippen LogP contribution in [-0.4, -0.2) is 27.1 Å². The third-order valence-electron chi connectivity index (χ3n) is 3.65. The monoisotopic (exact) mass is 308 g/mol. The Labute approximate surface area is 130 Å². The highest BCUT2D eigenvalue weighted by atomic mass is 16.4. The van der Waals surface area contributed by atoms with E-state index in [1.807, 2.05) is 0 Å². The van der Waals surface area contributed by atoms with Gasteiger partial charge in [0, 0.05) is 12.5 Å². The fourth-order valence-corrected chi connectivity index (χ4v) is 2.35. The minimum absolute atomic E-state index is 0.0406. The van der Waals surface area contributed by atoms with Crippen LogP contribution in [-0.2, 0) is 0 Å². The summed E-state index contributed by atoms with van der Waals surface area (Å²) >= 11 is 0. The van der Waals surface area contributed by atoms with E-state index < -0.39 is 11.7 Å². The molecule has 0 heterocycles. The maximum absolute atomic E-state index is 12.1. The minimum Gasteiger partial charge on any atom is -0.507 e. The number of hydrogen-bond acceptors (Lipinski definition) is 4. The fourth-order valence-electron chi connectivity index (χ4n) is 2.35. The molecular weight excluding hydrogens is 284 g/mol. The van der Waals surface area contributed by atoms with E-state index in [2.05, 4.69) is 6.92 Å². The lowest BCUT2D eigenvalue weighted by Gasteiger charge is -2.07. The highest BCUT2D eigenvalue weighted by Gasteiger charge is 2.18. The van der Waals surface area contributed by atoms with Crippen LogP contribution in [0.2, 0.25) is 0 Å². The summed E-state index contributed by atoms with van der Waals surface area (Å²) in [5, 5.41) is 28.1. The molecule has 0 unspecified atom stereocenters. The number of unbranched alkanes of at least 4 members (excludes halogenated alkanes) is 6. The molecule has 0 saturated heterocycles. The maximum atomic E-state index is 12.1. The normalized spacial score (nSPS) is 10.6. The standard InChI is InChI=1S/C17H24O5/c1-2-3-4-5-6-7-8-9-14(18)12-10-13(17(21)22)16(20)11-15(12)19/h10-11,19-20H,2-9H2,1H3,(H,21,22). The third-order valence-corrected chi connectivity index (χ3v) is 3.65. The van der Waals surface area contributed by atoms with Gasteiger partial charge in [-0.25, -0.2) is 4.79 Å². The first-order chi connectivity index (χ1) is 10.5. The molecule has 0 saturated carbocycles. The molecule has 5 heteroatoms. The van der Waals surface area contributed by atoms with E-state index >= 15 is 0 Å². The number of carboxylic acids is 1. The Morgan fingerprint density at radius 1 is 0.864 bits per heavy atom. The lowest BCUT2D eigenvalue weighted by molar-refractivity contribution is 0.0693. The predicted octanol–water partition coefficient (Wildman–Crippen LogP) is 4.12. The SMILES string of the molecule is CCCCCCCCCC(=O)c1cc(C(=O)O)c(O)cc1O. The molecule has 1 aromatic rings. The molecule has 0 radical (unpaired) electrons. The number of hydrogen-bond donors (Lipinski definition) is 3. The van der Waals surface area contributed by atoms with Gasteiger partial charge >= 0.3 is 5.97 Å². The molecular formula is C17H24O5. The summed E-state index contributed by atoms with van der Waals surface area (Å²) in [5.74, 6) is -2.55. The Balaban J connectivity index is 2.52. The maximum Gasteiger partial charge on any atom is 0.339 e. The van der Waals surface area contributed by atoms with Gasteiger partial charge in [-0.2, -0.15) is 0 Å². The van der Waals surface area contributed by atoms with E-state index in [9.17, 15) is 19.8 Å². The Hall–Kier alpha value is -2.04. The number of Topliss-reactive ketones (excluding diaryl/α,β-unsaturated/α-hetero) is 1. The van der Waals surface area contributed by atoms with Crippen molar-refractivity contribution < 1.29 is 24.9 Å². The van der Waals surface area contributed by atoms with Gasteiger partial charge < -0.3 is 15.3 Å². The van der Waals surface area contributed by atoms with Crippen molar-refractivity contribution >= 4 is 11.8 Å². The second kappa shape index (κ2) is 9.07. The molecule has 22 heavy (non-hydrogen) atoms. The van der Waals surface area contributed by atoms with E-state index in [1.165, 1.54) is 19.3 Å². The van der Waals surface area contributed by atoms with Crippen LogP contribution in [0.25, 0.3) is 0 Å². The van der Waals surface area contributed by atoms with Crippen LogP contribution >= 0.6 is 0 Å². The number of rotatable bonds is 10. The van der Waals surface area contributed by atoms with Crippen molar-refractivity contribution in [3.05, 3.63) is 23.3 Å². The molecule has 0 fully saturated rings. The van der Waals surface area contributed by atoms with Crippen molar-refractivity contribution in [2.45, 2.75) is 58.3 Å². The van der Waals surface area contributed by atoms with Gasteiger partial charge in [-0.15, -0.1) is 0 Å². The summed E-state index contributed by atoms with van der Waals surface area (Å²) in [7, 11) is 0. The first-order valence-electron chi connectivity index (χ1n) is 7.79. The molecule has 0 bridgehead atoms. The van der Waals surface area contributed by atoms with E-state index in [1.54, 1.807) is 0 Å². The van der Waals surface area contributed by atoms with E-state index in [0.29, 0.717) is 6.42 Å². The first kappa shape index (κ1) is 18.0. The van der Waals surface area contributed by atoms with Crippen molar-refractivity contribution in [2.75, 3.05) is 0 Å². The summed E-state index contributed by atoms with van der Waals surface area (Å²) in [5.41, 5.74) is -0.415. The van der Waals surface area contributed by atoms with Crippen LogP contribution in [0.4, 0.5) is 0 Å². The third kappa shape index (κ3) is 5.39. The second-order valence-corrected chi connectivity index (χ2v) is 5.49. The highest BCUT2D eigenvalue weighted by molar-refractivity contribution is 6.02. The first-order valence-corrected chi connectivity index (χ1v) is 7.79. The zero-order chi connectivity index (χ0) is 16.5. The molecule has 0 aromatic heterocycles. The zero-order valence-electron chi connectivity index (χ0n) is 13.0. The Kier molecular flexibility index (Phi) is 7.43. The quantitative estimate of drug-likeness (QED) is 0.446. The van der Waals surface area contributed by atoms with Gasteiger partial charge in [0.05, 0.1) is 5.56 Å². The summed E-state index contributed by atoms with van der Waals surface area (Å²) in [6, 6.07) is 1.94. The van der Waals surface area contributed by atoms with Gasteiger partial charge in [-0.3, -0.25) is 4.79 Å². The molecule has 0 aliphatic rings. The van der Waals surface area contributed by atoms with Gasteiger partial charge in [0.2, 0.25) is 0 Å². The molecule has 0 amide bonds. The topological polar surface area (TPSA) is 94.8 Å². The number of carboxylic acid groups (broad SMARTS) is 1. The number of ketones is 1. The van der Waals surface area contributed by atoms with Gasteiger partial charge in [0.15, 0.2) is 5.78 Å². The predicted molar refractivity (Wildman–Crippen MR) is 83.7 cm³/mol. The number of phenols is 2. The molecule has 1 aromatic carbocycles. The van der Waals surface area contributed by atoms with Crippen molar-refractivity contribution in [1.82, 2.24) is 0 Å². The molecule has 5 nitrogen and oxygen atoms in total. The van der Waals surface area contributed by atoms with Gasteiger partial charge in [0.1, 0.15) is 17.1 Å². The fraction of sp³-hybridized carbons (Fsp3) is 0.529. The molecule has 0 aliphatic carbocycles. The van der Waals surface area contributed by atoms with Crippen LogP contribution in [0.15, 0.2) is 12.1 Å². The number of benzene rings is 1. The van der Waals surface area contributed by atoms with Gasteiger partial charge in [-0.05, 0) is 12.5 Å². The average molecular weight is 308 g/mol. The Morgan fingerprint density at radius 3 is 2.00 bits per heavy atom. The van der Waals surface area contributed by atoms with Crippen molar-refractivity contribution in [1.29, 1.82) is 0 Å². The van der Waals surface area contributed by atoms with Crippen LogP contribution in [0, 0.1) is 0 Å². The van der Waals surface area contributed by atoms with E-state index in [0.717, 1.165) is 31.4 Å². The number of aromatic hydroxyl groups is 2. The smallest absolute Gasteiger partial charge is 0.339 e. The van der Waals surface area contributed by atoms with Crippen molar-refractivity contribution in [3.8, 4) is 11.5 Å². The zero-order valence-corrected chi connectivity index (χ0v) is 13.0. The van der Waals surface area contributed by atoms with Crippen LogP contribution in [0.5, 0.6) is 11.5 Å². The second-order valence-electron chi connectivity index (χ2n) is 5.49. The summed E-state index contributed by atoms with van der Waals surface area (Å²) in [4.78, 5) is 23.0. The minimum atomic E-state index is -1.33. The number of phenolic OH excluding ortho intramolecular Hbond substituents is 1. The number of carbonyl (C=O) groups is 2. The molecule has 122 valence electrons. The van der Waals surface area contributed by atoms with Crippen LogP contribution < -0.4 is 0 Å². The van der Waals surface area contributed by atoms with Crippen molar-refractivity contribution in [3.63, 3.8) is 0 Å². The van der Waals surface area contributed by atoms with Crippen LogP contribution in [0.1, 0.15) is 79.0 Å². The largest absolute Gasteiger partial charge is 0.507 e. The van der Waals surface area contributed by atoms with E-state index in [-0.39, 0.29) is 29.1 Å². The molecule has 1 rings (SSSR count). The van der Waals surface area contributed by atoms with Gasteiger partial charge in [0.25, 0.3) is 0 Å². The lowest BCUT2D eigenvalue weighted by Crippen LogP contribution is -2.04. The molecule has 0 aliphatic heterocycles. The highest BCUT2D eigenvalue weighted by Crippen LogP contribution is 2.28. The van der Waals surface area contributed by atoms with Gasteiger partial charge in [-0.1, -0.05) is 45.4 Å².